The van der Waals surface area contributed by atoms with Gasteiger partial charge in [-0.3, -0.25) is 14.4 Å². The average Bonchev–Trinajstić information content (AvgIpc) is 3.21. The molecule has 0 bridgehead atoms. The summed E-state index contributed by atoms with van der Waals surface area (Å²) in [5.74, 6) is -2.97. The molecule has 29 heavy (non-hydrogen) atoms. The Morgan fingerprint density at radius 1 is 1.07 bits per heavy atom. The van der Waals surface area contributed by atoms with Crippen LogP contribution in [0.1, 0.15) is 47.0 Å². The number of aliphatic carboxylic acids is 1. The Bertz CT molecular complexity index is 595. The molecule has 1 aliphatic rings. The number of rotatable bonds is 11. The summed E-state index contributed by atoms with van der Waals surface area (Å²) in [4.78, 5) is 49.1. The van der Waals surface area contributed by atoms with Crippen molar-refractivity contribution in [1.29, 1.82) is 0 Å². The normalized spacial score (nSPS) is 20.4. The van der Waals surface area contributed by atoms with Crippen molar-refractivity contribution >= 4 is 36.3 Å². The lowest BCUT2D eigenvalue weighted by Gasteiger charge is -2.28. The van der Waals surface area contributed by atoms with Crippen molar-refractivity contribution in [2.75, 3.05) is 12.3 Å². The lowest BCUT2D eigenvalue weighted by atomic mass is 9.97. The van der Waals surface area contributed by atoms with Gasteiger partial charge in [0.1, 0.15) is 18.1 Å². The molecule has 0 spiro atoms. The predicted molar refractivity (Wildman–Crippen MR) is 113 cm³/mol. The average molecular weight is 431 g/mol. The van der Waals surface area contributed by atoms with Crippen LogP contribution >= 0.6 is 12.6 Å². The molecule has 5 N–H and O–H groups in total. The predicted octanol–water partition coefficient (Wildman–Crippen LogP) is -0.0907. The first-order chi connectivity index (χ1) is 13.6. The number of carbonyl (C=O) groups is 4. The fourth-order valence-electron chi connectivity index (χ4n) is 3.09. The molecule has 0 aromatic rings. The van der Waals surface area contributed by atoms with Gasteiger partial charge in [-0.05, 0) is 31.2 Å². The molecule has 0 aromatic carbocycles. The standard InChI is InChI=1S/C19H34N4O5S/c1-5-11(4)15(23-16(24)12-7-6-8-20-12)18(26)21-13(9-29)17(25)22-14(10(2)3)19(27)28/h10-15,20,29H,5-9H2,1-4H3,(H,21,26)(H,22,25)(H,23,24)(H,27,28). The quantitative estimate of drug-likeness (QED) is 0.254. The summed E-state index contributed by atoms with van der Waals surface area (Å²) < 4.78 is 0. The van der Waals surface area contributed by atoms with Crippen molar-refractivity contribution in [3.05, 3.63) is 0 Å². The SMILES string of the molecule is CCC(C)C(NC(=O)C1CCCN1)C(=O)NC(CS)C(=O)NC(C(=O)O)C(C)C. The second-order valence-electron chi connectivity index (χ2n) is 7.83. The van der Waals surface area contributed by atoms with Crippen LogP contribution in [0.2, 0.25) is 0 Å². The van der Waals surface area contributed by atoms with E-state index in [-0.39, 0.29) is 29.5 Å². The van der Waals surface area contributed by atoms with E-state index >= 15 is 0 Å². The monoisotopic (exact) mass is 430 g/mol. The van der Waals surface area contributed by atoms with Gasteiger partial charge in [0.15, 0.2) is 0 Å². The number of hydrogen-bond donors (Lipinski definition) is 6. The fraction of sp³-hybridized carbons (Fsp3) is 0.789. The molecule has 5 atom stereocenters. The molecule has 10 heteroatoms. The third-order valence-electron chi connectivity index (χ3n) is 5.22. The lowest BCUT2D eigenvalue weighted by Crippen LogP contribution is -2.59. The van der Waals surface area contributed by atoms with Crippen molar-refractivity contribution in [1.82, 2.24) is 21.3 Å². The Labute approximate surface area is 177 Å². The van der Waals surface area contributed by atoms with E-state index in [2.05, 4.69) is 33.9 Å². The minimum Gasteiger partial charge on any atom is -0.480 e. The number of amides is 3. The zero-order chi connectivity index (χ0) is 22.1. The van der Waals surface area contributed by atoms with E-state index in [1.54, 1.807) is 13.8 Å². The van der Waals surface area contributed by atoms with Gasteiger partial charge in [0, 0.05) is 5.75 Å². The van der Waals surface area contributed by atoms with Crippen LogP contribution in [0.5, 0.6) is 0 Å². The van der Waals surface area contributed by atoms with Gasteiger partial charge in [-0.15, -0.1) is 0 Å². The van der Waals surface area contributed by atoms with Crippen LogP contribution in [0.4, 0.5) is 0 Å². The maximum Gasteiger partial charge on any atom is 0.326 e. The molecule has 166 valence electrons. The van der Waals surface area contributed by atoms with Crippen LogP contribution in [0, 0.1) is 11.8 Å². The number of carboxylic acid groups (broad SMARTS) is 1. The summed E-state index contributed by atoms with van der Waals surface area (Å²) in [7, 11) is 0. The fourth-order valence-corrected chi connectivity index (χ4v) is 3.34. The molecule has 1 heterocycles. The maximum absolute atomic E-state index is 12.8. The number of hydrogen-bond acceptors (Lipinski definition) is 6. The molecule has 0 aliphatic carbocycles. The zero-order valence-corrected chi connectivity index (χ0v) is 18.4. The second kappa shape index (κ2) is 12.0. The Balaban J connectivity index is 2.82. The largest absolute Gasteiger partial charge is 0.480 e. The summed E-state index contributed by atoms with van der Waals surface area (Å²) in [6.45, 7) is 7.88. The molecule has 5 unspecified atom stereocenters. The van der Waals surface area contributed by atoms with Gasteiger partial charge >= 0.3 is 5.97 Å². The Kier molecular flexibility index (Phi) is 10.5. The van der Waals surface area contributed by atoms with Gasteiger partial charge in [0.05, 0.1) is 6.04 Å². The maximum atomic E-state index is 12.8. The van der Waals surface area contributed by atoms with Gasteiger partial charge in [0.25, 0.3) is 0 Å². The summed E-state index contributed by atoms with van der Waals surface area (Å²) >= 11 is 4.12. The molecule has 9 nitrogen and oxygen atoms in total. The van der Waals surface area contributed by atoms with E-state index in [1.165, 1.54) is 0 Å². The molecular weight excluding hydrogens is 396 g/mol. The first-order valence-electron chi connectivity index (χ1n) is 10.1. The van der Waals surface area contributed by atoms with Crippen LogP contribution in [0.15, 0.2) is 0 Å². The van der Waals surface area contributed by atoms with Gasteiger partial charge < -0.3 is 26.4 Å². The number of carbonyl (C=O) groups excluding carboxylic acids is 3. The Morgan fingerprint density at radius 2 is 1.72 bits per heavy atom. The van der Waals surface area contributed by atoms with Crippen LogP contribution in [-0.4, -0.2) is 65.3 Å². The highest BCUT2D eigenvalue weighted by Crippen LogP contribution is 2.11. The third-order valence-corrected chi connectivity index (χ3v) is 5.58. The van der Waals surface area contributed by atoms with E-state index in [0.717, 1.165) is 13.0 Å². The molecule has 1 aliphatic heterocycles. The molecule has 1 saturated heterocycles. The molecule has 3 amide bonds. The Hall–Kier alpha value is -1.81. The Morgan fingerprint density at radius 3 is 2.17 bits per heavy atom. The van der Waals surface area contributed by atoms with E-state index in [0.29, 0.717) is 12.8 Å². The molecular formula is C19H34N4O5S. The van der Waals surface area contributed by atoms with Gasteiger partial charge in [0.2, 0.25) is 17.7 Å². The van der Waals surface area contributed by atoms with E-state index in [9.17, 15) is 24.3 Å². The van der Waals surface area contributed by atoms with Crippen molar-refractivity contribution in [3.63, 3.8) is 0 Å². The molecule has 0 radical (unpaired) electrons. The van der Waals surface area contributed by atoms with E-state index in [1.807, 2.05) is 13.8 Å². The van der Waals surface area contributed by atoms with Crippen molar-refractivity contribution in [2.24, 2.45) is 11.8 Å². The topological polar surface area (TPSA) is 137 Å². The number of carboxylic acids is 1. The summed E-state index contributed by atoms with van der Waals surface area (Å²) in [6.07, 6.45) is 2.28. The first-order valence-corrected chi connectivity index (χ1v) is 10.7. The van der Waals surface area contributed by atoms with E-state index < -0.39 is 35.9 Å². The zero-order valence-electron chi connectivity index (χ0n) is 17.5. The molecule has 1 rings (SSSR count). The highest BCUT2D eigenvalue weighted by Gasteiger charge is 2.33. The van der Waals surface area contributed by atoms with Crippen molar-refractivity contribution < 1.29 is 24.3 Å². The van der Waals surface area contributed by atoms with Gasteiger partial charge in [-0.25, -0.2) is 4.79 Å². The van der Waals surface area contributed by atoms with Crippen molar-refractivity contribution in [3.8, 4) is 0 Å². The van der Waals surface area contributed by atoms with Crippen LogP contribution in [-0.2, 0) is 19.2 Å². The summed E-state index contributed by atoms with van der Waals surface area (Å²) in [5, 5.41) is 20.2. The summed E-state index contributed by atoms with van der Waals surface area (Å²) in [5.41, 5.74) is 0. The summed E-state index contributed by atoms with van der Waals surface area (Å²) in [6, 6.07) is -3.20. The molecule has 0 aromatic heterocycles. The second-order valence-corrected chi connectivity index (χ2v) is 8.20. The first kappa shape index (κ1) is 25.2. The number of thiol groups is 1. The van der Waals surface area contributed by atoms with Crippen LogP contribution in [0.25, 0.3) is 0 Å². The smallest absolute Gasteiger partial charge is 0.326 e. The van der Waals surface area contributed by atoms with Crippen molar-refractivity contribution in [2.45, 2.75) is 71.1 Å². The highest BCUT2D eigenvalue weighted by atomic mass is 32.1. The minimum atomic E-state index is -1.15. The van der Waals surface area contributed by atoms with Gasteiger partial charge in [-0.2, -0.15) is 12.6 Å². The van der Waals surface area contributed by atoms with Crippen LogP contribution < -0.4 is 21.3 Å². The number of nitrogens with one attached hydrogen (secondary N) is 4. The highest BCUT2D eigenvalue weighted by molar-refractivity contribution is 7.80. The molecule has 0 saturated carbocycles. The molecule has 1 fully saturated rings. The minimum absolute atomic E-state index is 0.00659. The van der Waals surface area contributed by atoms with E-state index in [4.69, 9.17) is 0 Å². The lowest BCUT2D eigenvalue weighted by molar-refractivity contribution is -0.143. The third kappa shape index (κ3) is 7.50. The van der Waals surface area contributed by atoms with Gasteiger partial charge in [-0.1, -0.05) is 34.1 Å². The van der Waals surface area contributed by atoms with Crippen LogP contribution in [0.3, 0.4) is 0 Å².